The van der Waals surface area contributed by atoms with Gasteiger partial charge in [-0.05, 0) is 34.1 Å². The molecule has 2 rings (SSSR count). The lowest BCUT2D eigenvalue weighted by atomic mass is 10.2. The molecule has 0 saturated carbocycles. The smallest absolute Gasteiger partial charge is 0.257 e. The summed E-state index contributed by atoms with van der Waals surface area (Å²) in [6.45, 7) is 0. The van der Waals surface area contributed by atoms with Crippen molar-refractivity contribution in [1.29, 1.82) is 0 Å². The Balaban J connectivity index is 2.32. The Hall–Kier alpha value is -1.41. The summed E-state index contributed by atoms with van der Waals surface area (Å²) >= 11 is 3.29. The van der Waals surface area contributed by atoms with Crippen molar-refractivity contribution in [2.45, 2.75) is 5.75 Å². The lowest BCUT2D eigenvalue weighted by Gasteiger charge is -1.98. The fourth-order valence-electron chi connectivity index (χ4n) is 1.32. The Labute approximate surface area is 112 Å². The largest absolute Gasteiger partial charge is 0.398 e. The molecule has 0 saturated heterocycles. The van der Waals surface area contributed by atoms with E-state index < -0.39 is 9.84 Å². The van der Waals surface area contributed by atoms with Crippen molar-refractivity contribution in [2.75, 3.05) is 12.0 Å². The molecule has 96 valence electrons. The number of hydrogen-bond acceptors (Lipinski definition) is 6. The number of benzene rings is 1. The topological polar surface area (TPSA) is 99.1 Å². The molecular weight excluding hydrogens is 322 g/mol. The summed E-state index contributed by atoms with van der Waals surface area (Å²) in [5.41, 5.74) is 6.92. The molecule has 1 heterocycles. The van der Waals surface area contributed by atoms with Crippen LogP contribution in [0.2, 0.25) is 0 Å². The molecule has 0 aliphatic carbocycles. The van der Waals surface area contributed by atoms with Crippen molar-refractivity contribution in [3.05, 3.63) is 28.5 Å². The van der Waals surface area contributed by atoms with Crippen molar-refractivity contribution in [2.24, 2.45) is 0 Å². The summed E-state index contributed by atoms with van der Waals surface area (Å²) in [6.07, 6.45) is 1.11. The number of nitrogens with zero attached hydrogens (tertiary/aromatic N) is 2. The van der Waals surface area contributed by atoms with E-state index in [9.17, 15) is 8.42 Å². The molecule has 0 aliphatic heterocycles. The van der Waals surface area contributed by atoms with Gasteiger partial charge in [0.15, 0.2) is 15.7 Å². The molecule has 0 fully saturated rings. The molecular formula is C10H10BrN3O3S. The van der Waals surface area contributed by atoms with Crippen LogP contribution in [0.15, 0.2) is 27.2 Å². The minimum absolute atomic E-state index is 0.139. The normalized spacial score (nSPS) is 11.7. The molecule has 0 aliphatic rings. The Morgan fingerprint density at radius 2 is 2.17 bits per heavy atom. The van der Waals surface area contributed by atoms with Crippen LogP contribution in [-0.2, 0) is 15.6 Å². The van der Waals surface area contributed by atoms with Gasteiger partial charge in [-0.2, -0.15) is 4.98 Å². The van der Waals surface area contributed by atoms with E-state index in [1.807, 2.05) is 0 Å². The number of nitrogen functional groups attached to an aromatic ring is 1. The standard InChI is InChI=1S/C10H10BrN3O3S/c1-18(15,16)5-9-13-10(17-14-9)6-2-3-8(12)7(11)4-6/h2-4H,5,12H2,1H3. The molecule has 2 aromatic rings. The maximum absolute atomic E-state index is 11.1. The van der Waals surface area contributed by atoms with Crippen LogP contribution >= 0.6 is 15.9 Å². The average molecular weight is 332 g/mol. The Morgan fingerprint density at radius 1 is 1.44 bits per heavy atom. The number of anilines is 1. The van der Waals surface area contributed by atoms with Gasteiger partial charge in [-0.3, -0.25) is 0 Å². The molecule has 6 nitrogen and oxygen atoms in total. The van der Waals surface area contributed by atoms with Crippen LogP contribution in [0, 0.1) is 0 Å². The first-order valence-corrected chi connectivity index (χ1v) is 7.76. The molecule has 8 heteroatoms. The second-order valence-electron chi connectivity index (χ2n) is 3.82. The van der Waals surface area contributed by atoms with Gasteiger partial charge in [0.25, 0.3) is 5.89 Å². The fourth-order valence-corrected chi connectivity index (χ4v) is 2.29. The minimum atomic E-state index is -3.18. The second-order valence-corrected chi connectivity index (χ2v) is 6.82. The molecule has 0 unspecified atom stereocenters. The SMILES string of the molecule is CS(=O)(=O)Cc1noc(-c2ccc(N)c(Br)c2)n1. The van der Waals surface area contributed by atoms with E-state index in [1.54, 1.807) is 18.2 Å². The Bertz CT molecular complexity index is 681. The number of hydrogen-bond donors (Lipinski definition) is 1. The molecule has 0 amide bonds. The zero-order chi connectivity index (χ0) is 13.3. The van der Waals surface area contributed by atoms with Crippen LogP contribution in [0.4, 0.5) is 5.69 Å². The Kier molecular flexibility index (Phi) is 3.40. The van der Waals surface area contributed by atoms with Gasteiger partial charge in [0.1, 0.15) is 5.75 Å². The summed E-state index contributed by atoms with van der Waals surface area (Å²) in [6, 6.07) is 5.14. The summed E-state index contributed by atoms with van der Waals surface area (Å²) in [7, 11) is -3.18. The quantitative estimate of drug-likeness (QED) is 0.858. The lowest BCUT2D eigenvalue weighted by Crippen LogP contribution is -2.02. The van der Waals surface area contributed by atoms with Gasteiger partial charge in [0, 0.05) is 22.0 Å². The third kappa shape index (κ3) is 3.08. The third-order valence-corrected chi connectivity index (χ3v) is 3.58. The molecule has 0 atom stereocenters. The number of sulfone groups is 1. The molecule has 1 aromatic carbocycles. The molecule has 18 heavy (non-hydrogen) atoms. The maximum Gasteiger partial charge on any atom is 0.257 e. The van der Waals surface area contributed by atoms with E-state index in [0.29, 0.717) is 15.7 Å². The van der Waals surface area contributed by atoms with Crippen molar-refractivity contribution in [1.82, 2.24) is 10.1 Å². The maximum atomic E-state index is 11.1. The second kappa shape index (κ2) is 4.69. The van der Waals surface area contributed by atoms with Gasteiger partial charge in [-0.25, -0.2) is 8.42 Å². The number of nitrogens with two attached hydrogens (primary N) is 1. The van der Waals surface area contributed by atoms with Crippen LogP contribution in [0.1, 0.15) is 5.82 Å². The van der Waals surface area contributed by atoms with Gasteiger partial charge < -0.3 is 10.3 Å². The monoisotopic (exact) mass is 331 g/mol. The highest BCUT2D eigenvalue weighted by molar-refractivity contribution is 9.10. The van der Waals surface area contributed by atoms with Crippen LogP contribution in [0.25, 0.3) is 11.5 Å². The van der Waals surface area contributed by atoms with Crippen LogP contribution in [-0.4, -0.2) is 24.8 Å². The van der Waals surface area contributed by atoms with Crippen molar-refractivity contribution < 1.29 is 12.9 Å². The predicted octanol–water partition coefficient (Wildman–Crippen LogP) is 1.63. The van der Waals surface area contributed by atoms with Crippen LogP contribution < -0.4 is 5.73 Å². The third-order valence-electron chi connectivity index (χ3n) is 2.11. The van der Waals surface area contributed by atoms with Crippen LogP contribution in [0.3, 0.4) is 0 Å². The minimum Gasteiger partial charge on any atom is -0.398 e. The summed E-state index contributed by atoms with van der Waals surface area (Å²) < 4.78 is 27.9. The molecule has 2 N–H and O–H groups in total. The highest BCUT2D eigenvalue weighted by Gasteiger charge is 2.13. The van der Waals surface area contributed by atoms with E-state index >= 15 is 0 Å². The summed E-state index contributed by atoms with van der Waals surface area (Å²) in [5.74, 6) is 0.155. The Morgan fingerprint density at radius 3 is 2.78 bits per heavy atom. The first-order valence-electron chi connectivity index (χ1n) is 4.91. The van der Waals surface area contributed by atoms with E-state index in [-0.39, 0.29) is 17.5 Å². The van der Waals surface area contributed by atoms with Gasteiger partial charge in [-0.1, -0.05) is 5.16 Å². The zero-order valence-electron chi connectivity index (χ0n) is 9.42. The average Bonchev–Trinajstić information content (AvgIpc) is 2.68. The van der Waals surface area contributed by atoms with Gasteiger partial charge in [0.05, 0.1) is 0 Å². The van der Waals surface area contributed by atoms with E-state index in [4.69, 9.17) is 10.3 Å². The number of rotatable bonds is 3. The molecule has 0 bridgehead atoms. The van der Waals surface area contributed by atoms with Gasteiger partial charge in [-0.15, -0.1) is 0 Å². The number of halogens is 1. The number of aromatic nitrogens is 2. The van der Waals surface area contributed by atoms with Crippen molar-refractivity contribution in [3.63, 3.8) is 0 Å². The summed E-state index contributed by atoms with van der Waals surface area (Å²) in [5, 5.41) is 3.62. The first-order chi connectivity index (χ1) is 8.35. The first kappa shape index (κ1) is 13.0. The van der Waals surface area contributed by atoms with E-state index in [0.717, 1.165) is 6.26 Å². The van der Waals surface area contributed by atoms with E-state index in [1.165, 1.54) is 0 Å². The van der Waals surface area contributed by atoms with E-state index in [2.05, 4.69) is 26.1 Å². The highest BCUT2D eigenvalue weighted by Crippen LogP contribution is 2.26. The highest BCUT2D eigenvalue weighted by atomic mass is 79.9. The van der Waals surface area contributed by atoms with Crippen molar-refractivity contribution in [3.8, 4) is 11.5 Å². The molecule has 0 radical (unpaired) electrons. The van der Waals surface area contributed by atoms with Crippen LogP contribution in [0.5, 0.6) is 0 Å². The molecule has 1 aromatic heterocycles. The zero-order valence-corrected chi connectivity index (χ0v) is 11.8. The fraction of sp³-hybridized carbons (Fsp3) is 0.200. The lowest BCUT2D eigenvalue weighted by molar-refractivity contribution is 0.424. The summed E-state index contributed by atoms with van der Waals surface area (Å²) in [4.78, 5) is 4.02. The van der Waals surface area contributed by atoms with Gasteiger partial charge in [0.2, 0.25) is 0 Å². The predicted molar refractivity (Wildman–Crippen MR) is 70.4 cm³/mol. The van der Waals surface area contributed by atoms with Gasteiger partial charge >= 0.3 is 0 Å². The van der Waals surface area contributed by atoms with Crippen molar-refractivity contribution >= 4 is 31.5 Å². The molecule has 0 spiro atoms.